The first-order valence-electron chi connectivity index (χ1n) is 6.23. The number of rotatable bonds is 4. The van der Waals surface area contributed by atoms with Crippen LogP contribution in [0.3, 0.4) is 0 Å². The van der Waals surface area contributed by atoms with Gasteiger partial charge in [0, 0.05) is 11.1 Å². The highest BCUT2D eigenvalue weighted by atomic mass is 35.5. The number of halogens is 1. The van der Waals surface area contributed by atoms with Crippen molar-refractivity contribution in [1.82, 2.24) is 0 Å². The van der Waals surface area contributed by atoms with Crippen molar-refractivity contribution in [1.29, 1.82) is 0 Å². The standard InChI is InChI=1S/C17H15ClO2/c1-19-17-7-3-2-6-15(17)13-20-16-10-8-14(9-11-16)5-4-12-18/h2-3,6-11H,12-13H2,1H3. The Hall–Kier alpha value is -2.11. The van der Waals surface area contributed by atoms with Crippen LogP contribution in [0.1, 0.15) is 11.1 Å². The van der Waals surface area contributed by atoms with Gasteiger partial charge in [-0.3, -0.25) is 0 Å². The molecule has 0 aliphatic rings. The van der Waals surface area contributed by atoms with Crippen LogP contribution in [0, 0.1) is 11.8 Å². The molecular weight excluding hydrogens is 272 g/mol. The van der Waals surface area contributed by atoms with E-state index in [1.54, 1.807) is 7.11 Å². The van der Waals surface area contributed by atoms with E-state index in [-0.39, 0.29) is 0 Å². The molecule has 0 aromatic heterocycles. The van der Waals surface area contributed by atoms with Gasteiger partial charge < -0.3 is 9.47 Å². The second kappa shape index (κ2) is 7.47. The van der Waals surface area contributed by atoms with Gasteiger partial charge in [-0.15, -0.1) is 11.6 Å². The van der Waals surface area contributed by atoms with Crippen LogP contribution in [-0.4, -0.2) is 13.0 Å². The molecule has 2 aromatic rings. The zero-order valence-corrected chi connectivity index (χ0v) is 12.0. The molecule has 0 radical (unpaired) electrons. The average Bonchev–Trinajstić information content (AvgIpc) is 2.52. The van der Waals surface area contributed by atoms with Crippen LogP contribution >= 0.6 is 11.6 Å². The van der Waals surface area contributed by atoms with Gasteiger partial charge in [-0.05, 0) is 30.3 Å². The Labute approximate surface area is 124 Å². The minimum atomic E-state index is 0.339. The van der Waals surface area contributed by atoms with E-state index >= 15 is 0 Å². The Balaban J connectivity index is 2.00. The molecule has 3 heteroatoms. The molecule has 0 spiro atoms. The number of methoxy groups -OCH3 is 1. The van der Waals surface area contributed by atoms with Crippen LogP contribution in [0.5, 0.6) is 11.5 Å². The molecule has 0 atom stereocenters. The molecule has 2 aromatic carbocycles. The summed E-state index contributed by atoms with van der Waals surface area (Å²) in [5, 5.41) is 0. The highest BCUT2D eigenvalue weighted by Gasteiger charge is 2.02. The van der Waals surface area contributed by atoms with Gasteiger partial charge in [0.25, 0.3) is 0 Å². The SMILES string of the molecule is COc1ccccc1COc1ccc(C#CCCl)cc1. The lowest BCUT2D eigenvalue weighted by atomic mass is 10.2. The third kappa shape index (κ3) is 3.94. The average molecular weight is 287 g/mol. The van der Waals surface area contributed by atoms with Gasteiger partial charge in [0.1, 0.15) is 18.1 Å². The summed E-state index contributed by atoms with van der Waals surface area (Å²) in [6.07, 6.45) is 0. The fraction of sp³-hybridized carbons (Fsp3) is 0.176. The first-order chi connectivity index (χ1) is 9.83. The summed E-state index contributed by atoms with van der Waals surface area (Å²) in [5.74, 6) is 7.74. The Morgan fingerprint density at radius 3 is 2.50 bits per heavy atom. The van der Waals surface area contributed by atoms with Crippen molar-refractivity contribution in [3.8, 4) is 23.3 Å². The first kappa shape index (κ1) is 14.3. The fourth-order valence-electron chi connectivity index (χ4n) is 1.75. The van der Waals surface area contributed by atoms with Crippen molar-refractivity contribution < 1.29 is 9.47 Å². The van der Waals surface area contributed by atoms with Crippen LogP contribution in [0.2, 0.25) is 0 Å². The number of hydrogen-bond donors (Lipinski definition) is 0. The molecule has 0 saturated heterocycles. The molecule has 0 fully saturated rings. The third-order valence-corrected chi connectivity index (χ3v) is 2.87. The quantitative estimate of drug-likeness (QED) is 0.627. The van der Waals surface area contributed by atoms with Crippen LogP contribution in [0.4, 0.5) is 0 Å². The maximum absolute atomic E-state index is 5.74. The van der Waals surface area contributed by atoms with Crippen LogP contribution in [-0.2, 0) is 6.61 Å². The molecule has 0 bridgehead atoms. The van der Waals surface area contributed by atoms with Gasteiger partial charge >= 0.3 is 0 Å². The van der Waals surface area contributed by atoms with E-state index in [9.17, 15) is 0 Å². The van der Waals surface area contributed by atoms with Gasteiger partial charge in [-0.25, -0.2) is 0 Å². The number of alkyl halides is 1. The maximum atomic E-state index is 5.74. The predicted molar refractivity (Wildman–Crippen MR) is 81.4 cm³/mol. The summed E-state index contributed by atoms with van der Waals surface area (Å²) < 4.78 is 11.0. The van der Waals surface area contributed by atoms with Crippen LogP contribution < -0.4 is 9.47 Å². The van der Waals surface area contributed by atoms with Gasteiger partial charge in [0.15, 0.2) is 0 Å². The summed E-state index contributed by atoms with van der Waals surface area (Å²) in [4.78, 5) is 0. The monoisotopic (exact) mass is 286 g/mol. The van der Waals surface area contributed by atoms with E-state index in [0.717, 1.165) is 22.6 Å². The molecule has 0 aliphatic heterocycles. The van der Waals surface area contributed by atoms with Crippen molar-refractivity contribution in [3.05, 3.63) is 59.7 Å². The van der Waals surface area contributed by atoms with Gasteiger partial charge in [-0.1, -0.05) is 30.0 Å². The van der Waals surface area contributed by atoms with E-state index in [1.807, 2.05) is 48.5 Å². The highest BCUT2D eigenvalue weighted by Crippen LogP contribution is 2.20. The first-order valence-corrected chi connectivity index (χ1v) is 6.76. The van der Waals surface area contributed by atoms with Gasteiger partial charge in [-0.2, -0.15) is 0 Å². The molecule has 102 valence electrons. The van der Waals surface area contributed by atoms with Crippen LogP contribution in [0.25, 0.3) is 0 Å². The number of para-hydroxylation sites is 1. The molecule has 2 nitrogen and oxygen atoms in total. The van der Waals surface area contributed by atoms with E-state index in [1.165, 1.54) is 0 Å². The lowest BCUT2D eigenvalue weighted by Gasteiger charge is -2.10. The molecule has 0 N–H and O–H groups in total. The summed E-state index contributed by atoms with van der Waals surface area (Å²) in [5.41, 5.74) is 1.94. The summed E-state index contributed by atoms with van der Waals surface area (Å²) >= 11 is 5.52. The fourth-order valence-corrected chi connectivity index (χ4v) is 1.82. The Kier molecular flexibility index (Phi) is 5.34. The van der Waals surface area contributed by atoms with Crippen LogP contribution in [0.15, 0.2) is 48.5 Å². The van der Waals surface area contributed by atoms with Crippen molar-refractivity contribution in [2.45, 2.75) is 6.61 Å². The second-order valence-electron chi connectivity index (χ2n) is 4.06. The minimum Gasteiger partial charge on any atom is -0.496 e. The lowest BCUT2D eigenvalue weighted by molar-refractivity contribution is 0.296. The number of benzene rings is 2. The summed E-state index contributed by atoms with van der Waals surface area (Å²) in [6.45, 7) is 0.469. The largest absolute Gasteiger partial charge is 0.496 e. The topological polar surface area (TPSA) is 18.5 Å². The van der Waals surface area contributed by atoms with E-state index in [0.29, 0.717) is 12.5 Å². The van der Waals surface area contributed by atoms with E-state index < -0.39 is 0 Å². The molecule has 0 heterocycles. The third-order valence-electron chi connectivity index (χ3n) is 2.74. The van der Waals surface area contributed by atoms with Crippen molar-refractivity contribution in [3.63, 3.8) is 0 Å². The lowest BCUT2D eigenvalue weighted by Crippen LogP contribution is -1.98. The molecule has 0 saturated carbocycles. The van der Waals surface area contributed by atoms with Crippen molar-refractivity contribution >= 4 is 11.6 Å². The van der Waals surface area contributed by atoms with Gasteiger partial charge in [0.2, 0.25) is 0 Å². The minimum absolute atomic E-state index is 0.339. The van der Waals surface area contributed by atoms with E-state index in [4.69, 9.17) is 21.1 Å². The molecule has 20 heavy (non-hydrogen) atoms. The Morgan fingerprint density at radius 2 is 1.80 bits per heavy atom. The molecule has 0 aliphatic carbocycles. The zero-order chi connectivity index (χ0) is 14.2. The molecule has 2 rings (SSSR count). The Bertz CT molecular complexity index is 609. The maximum Gasteiger partial charge on any atom is 0.125 e. The zero-order valence-electron chi connectivity index (χ0n) is 11.2. The predicted octanol–water partition coefficient (Wildman–Crippen LogP) is 3.86. The number of hydrogen-bond acceptors (Lipinski definition) is 2. The number of ether oxygens (including phenoxy) is 2. The smallest absolute Gasteiger partial charge is 0.125 e. The summed E-state index contributed by atoms with van der Waals surface area (Å²) in [6, 6.07) is 15.4. The highest BCUT2D eigenvalue weighted by molar-refractivity contribution is 6.19. The molecular formula is C17H15ClO2. The van der Waals surface area contributed by atoms with E-state index in [2.05, 4.69) is 11.8 Å². The molecule has 0 unspecified atom stereocenters. The van der Waals surface area contributed by atoms with Crippen molar-refractivity contribution in [2.24, 2.45) is 0 Å². The van der Waals surface area contributed by atoms with Gasteiger partial charge in [0.05, 0.1) is 13.0 Å². The Morgan fingerprint density at radius 1 is 1.05 bits per heavy atom. The molecule has 0 amide bonds. The summed E-state index contributed by atoms with van der Waals surface area (Å²) in [7, 11) is 1.66. The second-order valence-corrected chi connectivity index (χ2v) is 4.33. The van der Waals surface area contributed by atoms with Crippen molar-refractivity contribution in [2.75, 3.05) is 13.0 Å². The normalized spacial score (nSPS) is 9.50.